The minimum Gasteiger partial charge on any atom is -0.492 e. The summed E-state index contributed by atoms with van der Waals surface area (Å²) in [6.45, 7) is 2.72. The number of unbranched alkanes of at least 4 members (excludes halogenated alkanes) is 1. The van der Waals surface area contributed by atoms with Crippen molar-refractivity contribution in [3.05, 3.63) is 83.8 Å². The SMILES string of the molecule is O=C(O)[C@H](CCN(CCCCc1ccc2c(n1)NCCC2)CCOc1ccccc1)NC(=O)C(F)(F)c1cccnc1. The van der Waals surface area contributed by atoms with Crippen molar-refractivity contribution in [1.82, 2.24) is 20.2 Å². The predicted molar refractivity (Wildman–Crippen MR) is 155 cm³/mol. The number of amides is 1. The molecule has 2 aromatic heterocycles. The molecular weight excluding hydrogens is 544 g/mol. The number of nitrogens with zero attached hydrogens (tertiary/aromatic N) is 3. The summed E-state index contributed by atoms with van der Waals surface area (Å²) in [6.07, 6.45) is 6.80. The minimum absolute atomic E-state index is 0.0480. The second kappa shape index (κ2) is 15.2. The number of halogens is 2. The molecular formula is C31H37F2N5O4. The summed E-state index contributed by atoms with van der Waals surface area (Å²) in [5, 5.41) is 15.1. The van der Waals surface area contributed by atoms with Crippen molar-refractivity contribution < 1.29 is 28.2 Å². The van der Waals surface area contributed by atoms with E-state index in [4.69, 9.17) is 9.72 Å². The van der Waals surface area contributed by atoms with Crippen LogP contribution in [0.5, 0.6) is 5.75 Å². The first kappa shape index (κ1) is 30.8. The number of anilines is 1. The van der Waals surface area contributed by atoms with Crippen LogP contribution in [-0.2, 0) is 28.4 Å². The highest BCUT2D eigenvalue weighted by Gasteiger charge is 2.42. The van der Waals surface area contributed by atoms with E-state index >= 15 is 0 Å². The van der Waals surface area contributed by atoms with E-state index in [-0.39, 0.29) is 13.0 Å². The number of ether oxygens (including phenoxy) is 1. The fourth-order valence-corrected chi connectivity index (χ4v) is 4.79. The maximum Gasteiger partial charge on any atom is 0.351 e. The summed E-state index contributed by atoms with van der Waals surface area (Å²) in [6, 6.07) is 14.4. The Balaban J connectivity index is 1.32. The van der Waals surface area contributed by atoms with E-state index in [9.17, 15) is 23.5 Å². The lowest BCUT2D eigenvalue weighted by Gasteiger charge is -2.25. The Morgan fingerprint density at radius 3 is 2.67 bits per heavy atom. The molecule has 1 aliphatic heterocycles. The number of hydrogen-bond donors (Lipinski definition) is 3. The lowest BCUT2D eigenvalue weighted by Crippen LogP contribution is -2.48. The monoisotopic (exact) mass is 581 g/mol. The Bertz CT molecular complexity index is 1300. The van der Waals surface area contributed by atoms with Crippen molar-refractivity contribution in [1.29, 1.82) is 0 Å². The number of carboxylic acids is 1. The number of aliphatic carboxylic acids is 1. The van der Waals surface area contributed by atoms with Crippen molar-refractivity contribution in [2.45, 2.75) is 50.5 Å². The van der Waals surface area contributed by atoms with Crippen molar-refractivity contribution in [2.24, 2.45) is 0 Å². The van der Waals surface area contributed by atoms with E-state index in [0.29, 0.717) is 19.7 Å². The molecule has 1 atom stereocenters. The summed E-state index contributed by atoms with van der Waals surface area (Å²) in [7, 11) is 0. The van der Waals surface area contributed by atoms with Gasteiger partial charge in [0, 0.05) is 43.3 Å². The predicted octanol–water partition coefficient (Wildman–Crippen LogP) is 4.29. The number of nitrogens with one attached hydrogen (secondary N) is 2. The summed E-state index contributed by atoms with van der Waals surface area (Å²) in [5.74, 6) is -5.27. The molecule has 4 rings (SSSR count). The Labute approximate surface area is 244 Å². The number of rotatable bonds is 16. The number of alkyl halides is 2. The second-order valence-corrected chi connectivity index (χ2v) is 10.3. The van der Waals surface area contributed by atoms with Crippen LogP contribution in [-0.4, -0.2) is 70.7 Å². The van der Waals surface area contributed by atoms with E-state index in [0.717, 1.165) is 68.2 Å². The molecule has 3 heterocycles. The first-order valence-corrected chi connectivity index (χ1v) is 14.3. The lowest BCUT2D eigenvalue weighted by atomic mass is 10.1. The van der Waals surface area contributed by atoms with E-state index < -0.39 is 29.4 Å². The molecule has 3 aromatic rings. The van der Waals surface area contributed by atoms with Crippen LogP contribution >= 0.6 is 0 Å². The second-order valence-electron chi connectivity index (χ2n) is 10.3. The van der Waals surface area contributed by atoms with E-state index in [2.05, 4.69) is 22.4 Å². The number of aryl methyl sites for hydroxylation is 2. The van der Waals surface area contributed by atoms with Crippen LogP contribution in [0.2, 0.25) is 0 Å². The van der Waals surface area contributed by atoms with E-state index in [1.54, 1.807) is 0 Å². The van der Waals surface area contributed by atoms with Gasteiger partial charge in [-0.05, 0) is 81.0 Å². The van der Waals surface area contributed by atoms with Gasteiger partial charge in [-0.1, -0.05) is 24.3 Å². The summed E-state index contributed by atoms with van der Waals surface area (Å²) in [4.78, 5) is 34.7. The number of carbonyl (C=O) groups excluding carboxylic acids is 1. The molecule has 1 aliphatic rings. The third-order valence-electron chi connectivity index (χ3n) is 7.18. The Morgan fingerprint density at radius 2 is 1.90 bits per heavy atom. The number of carboxylic acid groups (broad SMARTS) is 1. The average Bonchev–Trinajstić information content (AvgIpc) is 3.01. The van der Waals surface area contributed by atoms with Crippen LogP contribution in [0.15, 0.2) is 67.0 Å². The van der Waals surface area contributed by atoms with Gasteiger partial charge in [-0.3, -0.25) is 14.7 Å². The molecule has 0 unspecified atom stereocenters. The number of benzene rings is 1. The number of carbonyl (C=O) groups is 2. The molecule has 0 fully saturated rings. The molecule has 224 valence electrons. The smallest absolute Gasteiger partial charge is 0.351 e. The van der Waals surface area contributed by atoms with Crippen LogP contribution < -0.4 is 15.4 Å². The normalized spacial score (nSPS) is 13.6. The third kappa shape index (κ3) is 8.94. The highest BCUT2D eigenvalue weighted by Crippen LogP contribution is 2.27. The zero-order valence-corrected chi connectivity index (χ0v) is 23.5. The zero-order chi connectivity index (χ0) is 29.8. The number of fused-ring (bicyclic) bond motifs is 1. The highest BCUT2D eigenvalue weighted by molar-refractivity contribution is 5.88. The number of hydrogen-bond acceptors (Lipinski definition) is 7. The van der Waals surface area contributed by atoms with Gasteiger partial charge in [0.05, 0.1) is 0 Å². The molecule has 3 N–H and O–H groups in total. The van der Waals surface area contributed by atoms with Gasteiger partial charge in [-0.2, -0.15) is 8.78 Å². The van der Waals surface area contributed by atoms with Crippen molar-refractivity contribution in [3.8, 4) is 5.75 Å². The minimum atomic E-state index is -3.91. The van der Waals surface area contributed by atoms with Crippen molar-refractivity contribution in [3.63, 3.8) is 0 Å². The van der Waals surface area contributed by atoms with Crippen LogP contribution in [0, 0.1) is 0 Å². The van der Waals surface area contributed by atoms with Gasteiger partial charge in [-0.15, -0.1) is 0 Å². The third-order valence-corrected chi connectivity index (χ3v) is 7.18. The largest absolute Gasteiger partial charge is 0.492 e. The zero-order valence-electron chi connectivity index (χ0n) is 23.5. The average molecular weight is 582 g/mol. The Kier molecular flexibility index (Phi) is 11.2. The number of pyridine rings is 2. The molecule has 1 aromatic carbocycles. The molecule has 0 saturated carbocycles. The van der Waals surface area contributed by atoms with Gasteiger partial charge >= 0.3 is 11.9 Å². The lowest BCUT2D eigenvalue weighted by molar-refractivity contribution is -0.152. The molecule has 9 nitrogen and oxygen atoms in total. The maximum atomic E-state index is 14.7. The highest BCUT2D eigenvalue weighted by atomic mass is 19.3. The van der Waals surface area contributed by atoms with Gasteiger partial charge in [0.15, 0.2) is 0 Å². The van der Waals surface area contributed by atoms with Gasteiger partial charge in [0.1, 0.15) is 24.2 Å². The molecule has 42 heavy (non-hydrogen) atoms. The van der Waals surface area contributed by atoms with Gasteiger partial charge < -0.3 is 20.5 Å². The number of para-hydroxylation sites is 1. The fraction of sp³-hybridized carbons (Fsp3) is 0.419. The maximum absolute atomic E-state index is 14.7. The summed E-state index contributed by atoms with van der Waals surface area (Å²) in [5.41, 5.74) is 1.66. The van der Waals surface area contributed by atoms with Crippen molar-refractivity contribution in [2.75, 3.05) is 38.1 Å². The van der Waals surface area contributed by atoms with Crippen LogP contribution in [0.4, 0.5) is 14.6 Å². The topological polar surface area (TPSA) is 117 Å². The van der Waals surface area contributed by atoms with Crippen LogP contribution in [0.3, 0.4) is 0 Å². The summed E-state index contributed by atoms with van der Waals surface area (Å²) < 4.78 is 35.1. The standard InChI is InChI=1S/C31H37F2N5O4/c32-31(33,24-9-7-16-34-22-24)30(41)37-27(29(39)40)15-19-38(20-21-42-26-11-2-1-3-12-26)18-5-4-10-25-14-13-23-8-6-17-35-28(23)36-25/h1-3,7,9,11-14,16,22,27H,4-6,8,10,15,17-21H2,(H,35,36)(H,37,41)(H,39,40)/t27-/m0/s1. The first-order valence-electron chi connectivity index (χ1n) is 14.3. The fourth-order valence-electron chi connectivity index (χ4n) is 4.79. The quantitative estimate of drug-likeness (QED) is 0.215. The Hall–Kier alpha value is -4.12. The van der Waals surface area contributed by atoms with E-state index in [1.165, 1.54) is 17.8 Å². The van der Waals surface area contributed by atoms with E-state index in [1.807, 2.05) is 40.5 Å². The molecule has 0 spiro atoms. The van der Waals surface area contributed by atoms with Gasteiger partial charge in [0.2, 0.25) is 0 Å². The molecule has 0 bridgehead atoms. The molecule has 11 heteroatoms. The first-order chi connectivity index (χ1) is 20.3. The van der Waals surface area contributed by atoms with Gasteiger partial charge in [-0.25, -0.2) is 9.78 Å². The van der Waals surface area contributed by atoms with Crippen LogP contribution in [0.1, 0.15) is 42.5 Å². The summed E-state index contributed by atoms with van der Waals surface area (Å²) >= 11 is 0. The number of aromatic nitrogens is 2. The molecule has 1 amide bonds. The molecule has 0 aliphatic carbocycles. The van der Waals surface area contributed by atoms with Crippen LogP contribution in [0.25, 0.3) is 0 Å². The Morgan fingerprint density at radius 1 is 1.07 bits per heavy atom. The molecule has 0 radical (unpaired) electrons. The molecule has 0 saturated heterocycles. The van der Waals surface area contributed by atoms with Gasteiger partial charge in [0.25, 0.3) is 5.91 Å². The van der Waals surface area contributed by atoms with Crippen molar-refractivity contribution >= 4 is 17.7 Å².